The topological polar surface area (TPSA) is 24.1 Å². The number of unbranched alkanes of at least 4 members (excludes halogenated alkanes) is 2. The van der Waals surface area contributed by atoms with Crippen LogP contribution in [0.15, 0.2) is 0 Å². The van der Waals surface area contributed by atoms with E-state index in [2.05, 4.69) is 24.6 Å². The lowest BCUT2D eigenvalue weighted by Gasteiger charge is -2.14. The van der Waals surface area contributed by atoms with Crippen molar-refractivity contribution in [3.05, 3.63) is 0 Å². The van der Waals surface area contributed by atoms with Crippen LogP contribution in [0.1, 0.15) is 45.4 Å². The Morgan fingerprint density at radius 3 is 2.31 bits per heavy atom. The molecule has 0 rings (SSSR count). The van der Waals surface area contributed by atoms with E-state index in [1.54, 1.807) is 0 Å². The average molecular weight is 186 g/mol. The van der Waals surface area contributed by atoms with Crippen LogP contribution in [0, 0.1) is 0 Å². The van der Waals surface area contributed by atoms with Crippen molar-refractivity contribution in [3.8, 4) is 0 Å². The van der Waals surface area contributed by atoms with Crippen LogP contribution >= 0.6 is 0 Å². The second-order valence-electron chi connectivity index (χ2n) is 3.73. The normalized spacial score (nSPS) is 13.2. The van der Waals surface area contributed by atoms with Crippen molar-refractivity contribution in [1.82, 2.24) is 10.6 Å². The fraction of sp³-hybridized carbons (Fsp3) is 1.00. The highest BCUT2D eigenvalue weighted by Crippen LogP contribution is 2.07. The molecule has 0 aliphatic rings. The Bertz CT molecular complexity index is 94.1. The highest BCUT2D eigenvalue weighted by molar-refractivity contribution is 4.63. The van der Waals surface area contributed by atoms with Crippen molar-refractivity contribution in [2.24, 2.45) is 0 Å². The van der Waals surface area contributed by atoms with Crippen molar-refractivity contribution in [3.63, 3.8) is 0 Å². The summed E-state index contributed by atoms with van der Waals surface area (Å²) in [5.41, 5.74) is 0. The second kappa shape index (κ2) is 10.0. The zero-order valence-electron chi connectivity index (χ0n) is 9.53. The van der Waals surface area contributed by atoms with Gasteiger partial charge in [-0.05, 0) is 39.9 Å². The van der Waals surface area contributed by atoms with Gasteiger partial charge in [0.15, 0.2) is 0 Å². The summed E-state index contributed by atoms with van der Waals surface area (Å²) in [6.07, 6.45) is 8.01. The number of rotatable bonds is 9. The van der Waals surface area contributed by atoms with Crippen LogP contribution in [-0.4, -0.2) is 26.7 Å². The number of hydrogen-bond donors (Lipinski definition) is 2. The molecule has 1 atom stereocenters. The zero-order chi connectivity index (χ0) is 9.94. The molecule has 2 nitrogen and oxygen atoms in total. The lowest BCUT2D eigenvalue weighted by Crippen LogP contribution is -2.24. The smallest absolute Gasteiger partial charge is 0.00639 e. The van der Waals surface area contributed by atoms with Gasteiger partial charge in [0.05, 0.1) is 0 Å². The third-order valence-corrected chi connectivity index (χ3v) is 2.52. The molecule has 0 saturated heterocycles. The highest BCUT2D eigenvalue weighted by atomic mass is 14.9. The summed E-state index contributed by atoms with van der Waals surface area (Å²) >= 11 is 0. The van der Waals surface area contributed by atoms with Gasteiger partial charge < -0.3 is 10.6 Å². The van der Waals surface area contributed by atoms with Gasteiger partial charge >= 0.3 is 0 Å². The largest absolute Gasteiger partial charge is 0.320 e. The maximum absolute atomic E-state index is 3.38. The van der Waals surface area contributed by atoms with Crippen molar-refractivity contribution in [2.45, 2.75) is 51.5 Å². The van der Waals surface area contributed by atoms with Crippen molar-refractivity contribution >= 4 is 0 Å². The van der Waals surface area contributed by atoms with E-state index >= 15 is 0 Å². The Hall–Kier alpha value is -0.0800. The van der Waals surface area contributed by atoms with Crippen molar-refractivity contribution in [1.29, 1.82) is 0 Å². The molecule has 80 valence electrons. The first-order valence-corrected chi connectivity index (χ1v) is 5.67. The van der Waals surface area contributed by atoms with E-state index in [0.29, 0.717) is 0 Å². The van der Waals surface area contributed by atoms with Gasteiger partial charge in [-0.1, -0.05) is 26.2 Å². The summed E-state index contributed by atoms with van der Waals surface area (Å²) in [6, 6.07) is 0.750. The fourth-order valence-corrected chi connectivity index (χ4v) is 1.65. The third-order valence-electron chi connectivity index (χ3n) is 2.52. The second-order valence-corrected chi connectivity index (χ2v) is 3.73. The molecule has 0 aromatic rings. The molecule has 1 unspecified atom stereocenters. The molecule has 0 fully saturated rings. The summed E-state index contributed by atoms with van der Waals surface area (Å²) in [7, 11) is 4.10. The molecular weight excluding hydrogens is 160 g/mol. The summed E-state index contributed by atoms with van der Waals surface area (Å²) in [4.78, 5) is 0. The minimum atomic E-state index is 0.750. The minimum absolute atomic E-state index is 0.750. The van der Waals surface area contributed by atoms with Crippen molar-refractivity contribution in [2.75, 3.05) is 20.6 Å². The molecule has 0 amide bonds. The zero-order valence-corrected chi connectivity index (χ0v) is 9.53. The monoisotopic (exact) mass is 186 g/mol. The van der Waals surface area contributed by atoms with E-state index in [-0.39, 0.29) is 0 Å². The first kappa shape index (κ1) is 12.9. The quantitative estimate of drug-likeness (QED) is 0.539. The Labute approximate surface area is 83.5 Å². The first-order valence-electron chi connectivity index (χ1n) is 5.67. The molecule has 0 aromatic carbocycles. The highest BCUT2D eigenvalue weighted by Gasteiger charge is 2.02. The van der Waals surface area contributed by atoms with E-state index in [1.807, 2.05) is 7.05 Å². The summed E-state index contributed by atoms with van der Waals surface area (Å²) in [6.45, 7) is 3.42. The molecule has 0 spiro atoms. The van der Waals surface area contributed by atoms with E-state index < -0.39 is 0 Å². The third kappa shape index (κ3) is 8.26. The predicted molar refractivity (Wildman–Crippen MR) is 60.2 cm³/mol. The standard InChI is InChI=1S/C11H26N2/c1-4-8-11(13-3)9-6-5-7-10-12-2/h11-13H,4-10H2,1-3H3. The van der Waals surface area contributed by atoms with Crippen LogP contribution in [0.25, 0.3) is 0 Å². The molecule has 13 heavy (non-hydrogen) atoms. The Morgan fingerprint density at radius 1 is 1.00 bits per heavy atom. The SMILES string of the molecule is CCCC(CCCCCNC)NC. The van der Waals surface area contributed by atoms with Gasteiger partial charge in [0.2, 0.25) is 0 Å². The molecule has 0 aliphatic carbocycles. The predicted octanol–water partition coefficient (Wildman–Crippen LogP) is 2.15. The van der Waals surface area contributed by atoms with E-state index in [9.17, 15) is 0 Å². The van der Waals surface area contributed by atoms with E-state index in [4.69, 9.17) is 0 Å². The Balaban J connectivity index is 3.17. The van der Waals surface area contributed by atoms with Gasteiger partial charge in [-0.25, -0.2) is 0 Å². The van der Waals surface area contributed by atoms with E-state index in [1.165, 1.54) is 38.5 Å². The van der Waals surface area contributed by atoms with Gasteiger partial charge in [-0.15, -0.1) is 0 Å². The molecule has 0 aromatic heterocycles. The first-order chi connectivity index (χ1) is 6.35. The van der Waals surface area contributed by atoms with Crippen LogP contribution in [0.4, 0.5) is 0 Å². The maximum Gasteiger partial charge on any atom is 0.00639 e. The Kier molecular flexibility index (Phi) is 9.94. The lowest BCUT2D eigenvalue weighted by molar-refractivity contribution is 0.457. The Morgan fingerprint density at radius 2 is 1.77 bits per heavy atom. The van der Waals surface area contributed by atoms with Crippen LogP contribution in [0.2, 0.25) is 0 Å². The van der Waals surface area contributed by atoms with Crippen LogP contribution in [0.3, 0.4) is 0 Å². The molecule has 0 bridgehead atoms. The molecule has 2 heteroatoms. The molecular formula is C11H26N2. The molecule has 0 radical (unpaired) electrons. The van der Waals surface area contributed by atoms with Gasteiger partial charge in [-0.3, -0.25) is 0 Å². The van der Waals surface area contributed by atoms with E-state index in [0.717, 1.165) is 12.6 Å². The molecule has 0 heterocycles. The number of nitrogens with one attached hydrogen (secondary N) is 2. The summed E-state index contributed by atoms with van der Waals surface area (Å²) in [5, 5.41) is 6.56. The number of hydrogen-bond acceptors (Lipinski definition) is 2. The van der Waals surface area contributed by atoms with Crippen molar-refractivity contribution < 1.29 is 0 Å². The summed E-state index contributed by atoms with van der Waals surface area (Å²) < 4.78 is 0. The molecule has 0 aliphatic heterocycles. The minimum Gasteiger partial charge on any atom is -0.320 e. The van der Waals surface area contributed by atoms with Crippen LogP contribution < -0.4 is 10.6 Å². The van der Waals surface area contributed by atoms with Crippen LogP contribution in [0.5, 0.6) is 0 Å². The molecule has 0 saturated carbocycles. The lowest BCUT2D eigenvalue weighted by atomic mass is 10.0. The average Bonchev–Trinajstić information content (AvgIpc) is 2.16. The van der Waals surface area contributed by atoms with Gasteiger partial charge in [0.25, 0.3) is 0 Å². The summed E-state index contributed by atoms with van der Waals surface area (Å²) in [5.74, 6) is 0. The fourth-order valence-electron chi connectivity index (χ4n) is 1.65. The maximum atomic E-state index is 3.38. The molecule has 2 N–H and O–H groups in total. The van der Waals surface area contributed by atoms with Gasteiger partial charge in [-0.2, -0.15) is 0 Å². The van der Waals surface area contributed by atoms with Crippen LogP contribution in [-0.2, 0) is 0 Å². The van der Waals surface area contributed by atoms with Gasteiger partial charge in [0, 0.05) is 6.04 Å². The van der Waals surface area contributed by atoms with Gasteiger partial charge in [0.1, 0.15) is 0 Å².